The molecule has 0 spiro atoms. The van der Waals surface area contributed by atoms with Gasteiger partial charge in [-0.25, -0.2) is 0 Å². The summed E-state index contributed by atoms with van der Waals surface area (Å²) >= 11 is 0. The van der Waals surface area contributed by atoms with Gasteiger partial charge in [-0.3, -0.25) is 0 Å². The van der Waals surface area contributed by atoms with Crippen LogP contribution in [0.25, 0.3) is 0 Å². The van der Waals surface area contributed by atoms with E-state index in [2.05, 4.69) is 36.5 Å². The summed E-state index contributed by atoms with van der Waals surface area (Å²) < 4.78 is 5.36. The van der Waals surface area contributed by atoms with Gasteiger partial charge in [0.25, 0.3) is 0 Å². The summed E-state index contributed by atoms with van der Waals surface area (Å²) in [5.74, 6) is 1.69. The number of hydrogen-bond acceptors (Lipinski definition) is 2. The molecular formula is C15H21NO. The van der Waals surface area contributed by atoms with E-state index in [0.29, 0.717) is 0 Å². The number of allylic oxidation sites excluding steroid dienone is 2. The summed E-state index contributed by atoms with van der Waals surface area (Å²) in [6.45, 7) is 3.14. The first-order chi connectivity index (χ1) is 8.29. The van der Waals surface area contributed by atoms with Gasteiger partial charge < -0.3 is 10.1 Å². The first kappa shape index (κ1) is 12.0. The molecule has 1 atom stereocenters. The molecular weight excluding hydrogens is 210 g/mol. The van der Waals surface area contributed by atoms with Crippen LogP contribution in [0.4, 0.5) is 5.69 Å². The largest absolute Gasteiger partial charge is 0.495 e. The monoisotopic (exact) mass is 231 g/mol. The SMILES string of the molecule is COc1ccc(C)cc1NCC1CC=CCC1. The highest BCUT2D eigenvalue weighted by Gasteiger charge is 2.10. The van der Waals surface area contributed by atoms with Crippen LogP contribution in [0.1, 0.15) is 24.8 Å². The topological polar surface area (TPSA) is 21.3 Å². The third-order valence-electron chi connectivity index (χ3n) is 3.31. The minimum absolute atomic E-state index is 0.755. The summed E-state index contributed by atoms with van der Waals surface area (Å²) in [6, 6.07) is 6.25. The first-order valence-corrected chi connectivity index (χ1v) is 6.33. The maximum atomic E-state index is 5.36. The molecule has 0 bridgehead atoms. The molecule has 2 rings (SSSR count). The van der Waals surface area contributed by atoms with E-state index in [4.69, 9.17) is 4.74 Å². The fourth-order valence-electron chi connectivity index (χ4n) is 2.26. The van der Waals surface area contributed by atoms with E-state index in [1.807, 2.05) is 6.07 Å². The van der Waals surface area contributed by atoms with Crippen molar-refractivity contribution in [1.29, 1.82) is 0 Å². The Balaban J connectivity index is 1.97. The Hall–Kier alpha value is -1.44. The summed E-state index contributed by atoms with van der Waals surface area (Å²) in [5, 5.41) is 3.52. The van der Waals surface area contributed by atoms with E-state index in [1.165, 1.54) is 24.8 Å². The maximum Gasteiger partial charge on any atom is 0.141 e. The third-order valence-corrected chi connectivity index (χ3v) is 3.31. The fraction of sp³-hybridized carbons (Fsp3) is 0.467. The quantitative estimate of drug-likeness (QED) is 0.796. The molecule has 92 valence electrons. The molecule has 0 saturated carbocycles. The van der Waals surface area contributed by atoms with Crippen molar-refractivity contribution in [3.8, 4) is 5.75 Å². The van der Waals surface area contributed by atoms with Crippen molar-refractivity contribution in [2.45, 2.75) is 26.2 Å². The summed E-state index contributed by atoms with van der Waals surface area (Å²) in [6.07, 6.45) is 8.28. The van der Waals surface area contributed by atoms with Gasteiger partial charge in [0.1, 0.15) is 5.75 Å². The van der Waals surface area contributed by atoms with Gasteiger partial charge in [0.05, 0.1) is 12.8 Å². The van der Waals surface area contributed by atoms with E-state index in [-0.39, 0.29) is 0 Å². The molecule has 1 aliphatic carbocycles. The molecule has 0 fully saturated rings. The summed E-state index contributed by atoms with van der Waals surface area (Å²) in [7, 11) is 1.72. The van der Waals surface area contributed by atoms with E-state index in [9.17, 15) is 0 Å². The lowest BCUT2D eigenvalue weighted by atomic mass is 9.94. The molecule has 1 aliphatic rings. The maximum absolute atomic E-state index is 5.36. The van der Waals surface area contributed by atoms with Gasteiger partial charge in [-0.2, -0.15) is 0 Å². The van der Waals surface area contributed by atoms with Crippen LogP contribution in [0.5, 0.6) is 5.75 Å². The first-order valence-electron chi connectivity index (χ1n) is 6.33. The van der Waals surface area contributed by atoms with Crippen LogP contribution in [0.2, 0.25) is 0 Å². The standard InChI is InChI=1S/C15H21NO/c1-12-8-9-15(17-2)14(10-12)16-11-13-6-4-3-5-7-13/h3-4,8-10,13,16H,5-7,11H2,1-2H3. The Kier molecular flexibility index (Phi) is 4.08. The molecule has 1 aromatic carbocycles. The molecule has 17 heavy (non-hydrogen) atoms. The lowest BCUT2D eigenvalue weighted by Crippen LogP contribution is -2.15. The number of anilines is 1. The van der Waals surface area contributed by atoms with Gasteiger partial charge in [-0.05, 0) is 49.8 Å². The molecule has 1 aromatic rings. The number of nitrogens with one attached hydrogen (secondary N) is 1. The predicted molar refractivity (Wildman–Crippen MR) is 72.7 cm³/mol. The minimum atomic E-state index is 0.755. The number of aryl methyl sites for hydroxylation is 1. The molecule has 0 heterocycles. The highest BCUT2D eigenvalue weighted by molar-refractivity contribution is 5.58. The normalized spacial score (nSPS) is 19.1. The lowest BCUT2D eigenvalue weighted by molar-refractivity contribution is 0.415. The average Bonchev–Trinajstić information content (AvgIpc) is 2.38. The van der Waals surface area contributed by atoms with Gasteiger partial charge >= 0.3 is 0 Å². The Morgan fingerprint density at radius 1 is 1.35 bits per heavy atom. The van der Waals surface area contributed by atoms with Gasteiger partial charge in [-0.15, -0.1) is 0 Å². The van der Waals surface area contributed by atoms with Crippen LogP contribution in [0, 0.1) is 12.8 Å². The number of methoxy groups -OCH3 is 1. The molecule has 0 saturated heterocycles. The zero-order valence-corrected chi connectivity index (χ0v) is 10.7. The van der Waals surface area contributed by atoms with Crippen LogP contribution in [0.3, 0.4) is 0 Å². The Bertz CT molecular complexity index is 398. The highest BCUT2D eigenvalue weighted by atomic mass is 16.5. The van der Waals surface area contributed by atoms with Gasteiger partial charge in [0.15, 0.2) is 0 Å². The fourth-order valence-corrected chi connectivity index (χ4v) is 2.26. The van der Waals surface area contributed by atoms with Crippen LogP contribution in [0.15, 0.2) is 30.4 Å². The highest BCUT2D eigenvalue weighted by Crippen LogP contribution is 2.26. The molecule has 0 radical (unpaired) electrons. The van der Waals surface area contributed by atoms with Crippen molar-refractivity contribution < 1.29 is 4.74 Å². The summed E-state index contributed by atoms with van der Waals surface area (Å²) in [4.78, 5) is 0. The molecule has 0 amide bonds. The number of hydrogen-bond donors (Lipinski definition) is 1. The zero-order valence-electron chi connectivity index (χ0n) is 10.7. The van der Waals surface area contributed by atoms with E-state index in [0.717, 1.165) is 23.9 Å². The Labute approximate surface area is 104 Å². The van der Waals surface area contributed by atoms with E-state index >= 15 is 0 Å². The second-order valence-corrected chi connectivity index (χ2v) is 4.74. The number of ether oxygens (including phenoxy) is 1. The van der Waals surface area contributed by atoms with Crippen molar-refractivity contribution in [1.82, 2.24) is 0 Å². The molecule has 2 heteroatoms. The summed E-state index contributed by atoms with van der Waals surface area (Å²) in [5.41, 5.74) is 2.37. The van der Waals surface area contributed by atoms with Crippen LogP contribution in [-0.4, -0.2) is 13.7 Å². The predicted octanol–water partition coefficient (Wildman–Crippen LogP) is 3.77. The van der Waals surface area contributed by atoms with Gasteiger partial charge in [0, 0.05) is 6.54 Å². The Morgan fingerprint density at radius 3 is 2.94 bits per heavy atom. The third kappa shape index (κ3) is 3.26. The van der Waals surface area contributed by atoms with Crippen molar-refractivity contribution in [2.75, 3.05) is 19.0 Å². The van der Waals surface area contributed by atoms with Gasteiger partial charge in [-0.1, -0.05) is 18.2 Å². The van der Waals surface area contributed by atoms with Crippen LogP contribution in [-0.2, 0) is 0 Å². The van der Waals surface area contributed by atoms with Crippen LogP contribution >= 0.6 is 0 Å². The van der Waals surface area contributed by atoms with Crippen LogP contribution < -0.4 is 10.1 Å². The molecule has 0 aliphatic heterocycles. The smallest absolute Gasteiger partial charge is 0.141 e. The molecule has 0 aromatic heterocycles. The van der Waals surface area contributed by atoms with Crippen molar-refractivity contribution in [2.24, 2.45) is 5.92 Å². The minimum Gasteiger partial charge on any atom is -0.495 e. The molecule has 2 nitrogen and oxygen atoms in total. The van der Waals surface area contributed by atoms with E-state index < -0.39 is 0 Å². The second kappa shape index (κ2) is 5.76. The second-order valence-electron chi connectivity index (χ2n) is 4.74. The lowest BCUT2D eigenvalue weighted by Gasteiger charge is -2.20. The average molecular weight is 231 g/mol. The van der Waals surface area contributed by atoms with Crippen molar-refractivity contribution in [3.05, 3.63) is 35.9 Å². The molecule has 1 N–H and O–H groups in total. The Morgan fingerprint density at radius 2 is 2.24 bits per heavy atom. The van der Waals surface area contributed by atoms with Crippen molar-refractivity contribution in [3.63, 3.8) is 0 Å². The van der Waals surface area contributed by atoms with Gasteiger partial charge in [0.2, 0.25) is 0 Å². The molecule has 1 unspecified atom stereocenters. The number of benzene rings is 1. The zero-order chi connectivity index (χ0) is 12.1. The van der Waals surface area contributed by atoms with E-state index in [1.54, 1.807) is 7.11 Å². The number of rotatable bonds is 4. The van der Waals surface area contributed by atoms with Crippen molar-refractivity contribution >= 4 is 5.69 Å².